The molecule has 2 aliphatic rings. The maximum absolute atomic E-state index is 2.59. The number of hydrogen-bond acceptors (Lipinski definition) is 0. The van der Waals surface area contributed by atoms with Gasteiger partial charge in [-0.05, 0) is 143 Å². The van der Waals surface area contributed by atoms with Crippen molar-refractivity contribution in [2.45, 2.75) is 6.42 Å². The van der Waals surface area contributed by atoms with Gasteiger partial charge in [0.25, 0.3) is 0 Å². The molecule has 2 heteroatoms. The van der Waals surface area contributed by atoms with E-state index in [4.69, 9.17) is 0 Å². The minimum absolute atomic E-state index is 0.371. The molecule has 0 aliphatic heterocycles. The SMILES string of the molecule is C1=CCC2C=C(P(c3ccc4ccccc4c3)c3ccc4ccccc4c3-c3c(P(c4ccc5ccccc5c4)c4ccc5ccccc5c4)ccc4ccccc34)C=CC2=C1. The molecule has 10 aromatic rings. The third-order valence-corrected chi connectivity index (χ3v) is 17.7. The van der Waals surface area contributed by atoms with Crippen molar-refractivity contribution in [3.8, 4) is 11.1 Å². The lowest BCUT2D eigenvalue weighted by atomic mass is 9.88. The van der Waals surface area contributed by atoms with E-state index in [-0.39, 0.29) is 0 Å². The highest BCUT2D eigenvalue weighted by molar-refractivity contribution is 7.80. The van der Waals surface area contributed by atoms with Crippen LogP contribution in [-0.4, -0.2) is 0 Å². The van der Waals surface area contributed by atoms with E-state index in [0.29, 0.717) is 5.92 Å². The Bertz CT molecular complexity index is 3450. The molecule has 0 heterocycles. The van der Waals surface area contributed by atoms with Gasteiger partial charge in [-0.1, -0.05) is 218 Å². The van der Waals surface area contributed by atoms with Gasteiger partial charge in [0.05, 0.1) is 0 Å². The van der Waals surface area contributed by atoms with E-state index >= 15 is 0 Å². The van der Waals surface area contributed by atoms with E-state index in [0.717, 1.165) is 6.42 Å². The van der Waals surface area contributed by atoms with Gasteiger partial charge in [-0.25, -0.2) is 0 Å². The molecule has 2 aliphatic carbocycles. The Hall–Kier alpha value is -6.68. The molecular weight excluding hydrogens is 783 g/mol. The van der Waals surface area contributed by atoms with Crippen LogP contribution in [0.5, 0.6) is 0 Å². The summed E-state index contributed by atoms with van der Waals surface area (Å²) in [5.41, 5.74) is 4.09. The van der Waals surface area contributed by atoms with Gasteiger partial charge in [-0.2, -0.15) is 0 Å². The molecule has 0 aromatic heterocycles. The van der Waals surface area contributed by atoms with Gasteiger partial charge in [0.15, 0.2) is 0 Å². The monoisotopic (exact) mass is 824 g/mol. The van der Waals surface area contributed by atoms with Crippen molar-refractivity contribution in [1.82, 2.24) is 0 Å². The third-order valence-electron chi connectivity index (χ3n) is 12.8. The minimum atomic E-state index is -1.04. The van der Waals surface area contributed by atoms with Crippen LogP contribution in [0.1, 0.15) is 6.42 Å². The van der Waals surface area contributed by atoms with Crippen LogP contribution < -0.4 is 26.5 Å². The van der Waals surface area contributed by atoms with Crippen molar-refractivity contribution < 1.29 is 0 Å². The molecule has 10 aromatic carbocycles. The van der Waals surface area contributed by atoms with E-state index in [1.807, 2.05) is 0 Å². The first kappa shape index (κ1) is 37.1. The standard InChI is InChI=1S/C60H42P2/c1-5-19-47-37-51(31-25-41(47)13-1)61(52-32-26-42-14-2-6-20-48(42)38-52)57-35-29-45-17-9-11-23-55(45)59(57)60-56-24-12-10-18-46(56)30-36-58(60)62(53-33-27-43-15-3-7-21-49(43)39-53)54-34-28-44-16-4-8-22-50(44)40-54/h1-21,23-40,50H,22H2. The molecule has 0 N–H and O–H groups in total. The van der Waals surface area contributed by atoms with Gasteiger partial charge in [0.1, 0.15) is 0 Å². The molecule has 292 valence electrons. The molecule has 2 atom stereocenters. The van der Waals surface area contributed by atoms with Crippen LogP contribution in [0.3, 0.4) is 0 Å². The zero-order valence-electron chi connectivity index (χ0n) is 34.2. The number of fused-ring (bicyclic) bond motifs is 6. The summed E-state index contributed by atoms with van der Waals surface area (Å²) in [4.78, 5) is 0. The zero-order valence-corrected chi connectivity index (χ0v) is 36.0. The fourth-order valence-electron chi connectivity index (χ4n) is 9.82. The average molecular weight is 825 g/mol. The van der Waals surface area contributed by atoms with Crippen molar-refractivity contribution in [2.75, 3.05) is 0 Å². The Morgan fingerprint density at radius 3 is 1.31 bits per heavy atom. The summed E-state index contributed by atoms with van der Waals surface area (Å²) in [5.74, 6) is 0.371. The summed E-state index contributed by atoms with van der Waals surface area (Å²) >= 11 is 0. The Morgan fingerprint density at radius 1 is 0.371 bits per heavy atom. The second-order valence-corrected chi connectivity index (χ2v) is 20.9. The predicted molar refractivity (Wildman–Crippen MR) is 273 cm³/mol. The smallest absolute Gasteiger partial charge is 0.00621 e. The summed E-state index contributed by atoms with van der Waals surface area (Å²) < 4.78 is 0. The molecule has 0 saturated carbocycles. The number of benzene rings is 10. The zero-order chi connectivity index (χ0) is 41.0. The molecule has 0 saturated heterocycles. The molecule has 2 unspecified atom stereocenters. The van der Waals surface area contributed by atoms with Crippen LogP contribution in [-0.2, 0) is 0 Å². The van der Waals surface area contributed by atoms with Crippen molar-refractivity contribution in [1.29, 1.82) is 0 Å². The maximum Gasteiger partial charge on any atom is 0.00621 e. The highest BCUT2D eigenvalue weighted by Gasteiger charge is 2.30. The lowest BCUT2D eigenvalue weighted by Gasteiger charge is -2.31. The minimum Gasteiger partial charge on any atom is -0.0836 e. The molecule has 0 spiro atoms. The second-order valence-electron chi connectivity index (χ2n) is 16.5. The fourth-order valence-corrected chi connectivity index (χ4v) is 14.9. The van der Waals surface area contributed by atoms with E-state index in [1.54, 1.807) is 0 Å². The van der Waals surface area contributed by atoms with Crippen molar-refractivity contribution in [3.05, 3.63) is 248 Å². The van der Waals surface area contributed by atoms with Gasteiger partial charge in [0, 0.05) is 5.92 Å². The van der Waals surface area contributed by atoms with Crippen molar-refractivity contribution in [3.63, 3.8) is 0 Å². The topological polar surface area (TPSA) is 0 Å². The summed E-state index contributed by atoms with van der Waals surface area (Å²) in [6.45, 7) is 0. The first-order valence-corrected chi connectivity index (χ1v) is 24.3. The molecule has 12 rings (SSSR count). The van der Waals surface area contributed by atoms with Gasteiger partial charge in [0.2, 0.25) is 0 Å². The third kappa shape index (κ3) is 6.55. The van der Waals surface area contributed by atoms with Crippen LogP contribution >= 0.6 is 15.8 Å². The Kier molecular flexibility index (Phi) is 9.37. The highest BCUT2D eigenvalue weighted by Crippen LogP contribution is 2.52. The Balaban J connectivity index is 1.19. The van der Waals surface area contributed by atoms with E-state index < -0.39 is 15.8 Å². The average Bonchev–Trinajstić information content (AvgIpc) is 3.34. The highest BCUT2D eigenvalue weighted by atomic mass is 31.1. The molecule has 0 radical (unpaired) electrons. The summed E-state index contributed by atoms with van der Waals surface area (Å²) in [5, 5.41) is 21.0. The summed E-state index contributed by atoms with van der Waals surface area (Å²) in [6, 6.07) is 75.9. The van der Waals surface area contributed by atoms with Crippen LogP contribution in [0.4, 0.5) is 0 Å². The normalized spacial score (nSPS) is 15.3. The number of hydrogen-bond donors (Lipinski definition) is 0. The molecule has 0 fully saturated rings. The van der Waals surface area contributed by atoms with Gasteiger partial charge in [-0.3, -0.25) is 0 Å². The lowest BCUT2D eigenvalue weighted by molar-refractivity contribution is 0.778. The second kappa shape index (κ2) is 15.7. The van der Waals surface area contributed by atoms with E-state index in [1.165, 1.54) is 102 Å². The Labute approximate surface area is 365 Å². The molecule has 62 heavy (non-hydrogen) atoms. The van der Waals surface area contributed by atoms with Crippen LogP contribution in [0, 0.1) is 5.92 Å². The van der Waals surface area contributed by atoms with Crippen LogP contribution in [0.25, 0.3) is 65.0 Å². The predicted octanol–water partition coefficient (Wildman–Crippen LogP) is 14.3. The summed E-state index contributed by atoms with van der Waals surface area (Å²) in [6.07, 6.45) is 15.3. The summed E-state index contributed by atoms with van der Waals surface area (Å²) in [7, 11) is -2.04. The molecule has 0 amide bonds. The largest absolute Gasteiger partial charge is 0.0836 e. The molecule has 0 bridgehead atoms. The van der Waals surface area contributed by atoms with Gasteiger partial charge < -0.3 is 0 Å². The van der Waals surface area contributed by atoms with Gasteiger partial charge in [-0.15, -0.1) is 0 Å². The fraction of sp³-hybridized carbons (Fsp3) is 0.0333. The first-order chi connectivity index (χ1) is 30.7. The van der Waals surface area contributed by atoms with Crippen LogP contribution in [0.15, 0.2) is 248 Å². The number of rotatable bonds is 7. The molecule has 0 nitrogen and oxygen atoms in total. The van der Waals surface area contributed by atoms with Crippen molar-refractivity contribution >= 4 is 96.2 Å². The Morgan fingerprint density at radius 2 is 0.790 bits per heavy atom. The number of allylic oxidation sites excluding steroid dienone is 8. The van der Waals surface area contributed by atoms with Crippen molar-refractivity contribution in [2.24, 2.45) is 5.92 Å². The molecular formula is C60H42P2. The first-order valence-electron chi connectivity index (χ1n) is 21.6. The van der Waals surface area contributed by atoms with E-state index in [2.05, 4.69) is 237 Å². The maximum atomic E-state index is 2.59. The van der Waals surface area contributed by atoms with Crippen LogP contribution in [0.2, 0.25) is 0 Å². The lowest BCUT2D eigenvalue weighted by Crippen LogP contribution is -2.24. The van der Waals surface area contributed by atoms with E-state index in [9.17, 15) is 0 Å². The quantitative estimate of drug-likeness (QED) is 0.140. The van der Waals surface area contributed by atoms with Gasteiger partial charge >= 0.3 is 0 Å².